The number of ether oxygens (including phenoxy) is 5. The number of hydrogen-bond donors (Lipinski definition) is 0. The van der Waals surface area contributed by atoms with E-state index in [1.807, 2.05) is 30.3 Å². The van der Waals surface area contributed by atoms with E-state index in [0.717, 1.165) is 0 Å². The zero-order valence-electron chi connectivity index (χ0n) is 17.0. The van der Waals surface area contributed by atoms with Crippen molar-refractivity contribution in [1.82, 2.24) is 0 Å². The topological polar surface area (TPSA) is 80.3 Å². The Kier molecular flexibility index (Phi) is 7.88. The summed E-state index contributed by atoms with van der Waals surface area (Å²) in [6.45, 7) is 0.100. The SMILES string of the molecule is COc1cccc(OCC(=O)Oc2ccc(C(=O)OCCOc3ccccc3)cc2)c1. The molecule has 0 unspecified atom stereocenters. The molecule has 0 saturated carbocycles. The fourth-order valence-electron chi connectivity index (χ4n) is 2.55. The van der Waals surface area contributed by atoms with Crippen molar-refractivity contribution in [2.24, 2.45) is 0 Å². The first-order chi connectivity index (χ1) is 15.1. The van der Waals surface area contributed by atoms with Crippen LogP contribution in [0.1, 0.15) is 10.4 Å². The molecule has 0 radical (unpaired) electrons. The van der Waals surface area contributed by atoms with Crippen LogP contribution in [0.2, 0.25) is 0 Å². The first-order valence-corrected chi connectivity index (χ1v) is 9.56. The molecular weight excluding hydrogens is 400 g/mol. The average molecular weight is 422 g/mol. The highest BCUT2D eigenvalue weighted by atomic mass is 16.6. The van der Waals surface area contributed by atoms with Crippen LogP contribution in [0.15, 0.2) is 78.9 Å². The lowest BCUT2D eigenvalue weighted by Crippen LogP contribution is -2.17. The van der Waals surface area contributed by atoms with Crippen molar-refractivity contribution >= 4 is 11.9 Å². The summed E-state index contributed by atoms with van der Waals surface area (Å²) in [5.41, 5.74) is 0.340. The highest BCUT2D eigenvalue weighted by molar-refractivity contribution is 5.89. The molecule has 0 N–H and O–H groups in total. The van der Waals surface area contributed by atoms with Crippen LogP contribution in [0.25, 0.3) is 0 Å². The lowest BCUT2D eigenvalue weighted by atomic mass is 10.2. The van der Waals surface area contributed by atoms with E-state index in [0.29, 0.717) is 28.6 Å². The smallest absolute Gasteiger partial charge is 0.349 e. The van der Waals surface area contributed by atoms with Gasteiger partial charge in [0.1, 0.15) is 36.2 Å². The molecule has 7 heteroatoms. The van der Waals surface area contributed by atoms with Gasteiger partial charge in [0.25, 0.3) is 0 Å². The molecule has 0 fully saturated rings. The Morgan fingerprint density at radius 2 is 1.42 bits per heavy atom. The Hall–Kier alpha value is -4.00. The van der Waals surface area contributed by atoms with Crippen LogP contribution in [0, 0.1) is 0 Å². The number of rotatable bonds is 10. The molecule has 0 aliphatic rings. The summed E-state index contributed by atoms with van der Waals surface area (Å²) in [5.74, 6) is 1.06. The number of hydrogen-bond acceptors (Lipinski definition) is 7. The normalized spacial score (nSPS) is 10.1. The minimum atomic E-state index is -0.573. The second kappa shape index (κ2) is 11.3. The van der Waals surface area contributed by atoms with Crippen LogP contribution in [0.3, 0.4) is 0 Å². The summed E-state index contributed by atoms with van der Waals surface area (Å²) in [6, 6.07) is 22.2. The van der Waals surface area contributed by atoms with Gasteiger partial charge in [-0.1, -0.05) is 24.3 Å². The lowest BCUT2D eigenvalue weighted by Gasteiger charge is -2.09. The Morgan fingerprint density at radius 3 is 2.16 bits per heavy atom. The van der Waals surface area contributed by atoms with Gasteiger partial charge in [0.15, 0.2) is 6.61 Å². The molecule has 0 amide bonds. The Morgan fingerprint density at radius 1 is 0.710 bits per heavy atom. The number of methoxy groups -OCH3 is 1. The van der Waals surface area contributed by atoms with Crippen LogP contribution in [-0.2, 0) is 9.53 Å². The van der Waals surface area contributed by atoms with E-state index < -0.39 is 11.9 Å². The fourth-order valence-corrected chi connectivity index (χ4v) is 2.55. The van der Waals surface area contributed by atoms with E-state index in [2.05, 4.69) is 0 Å². The largest absolute Gasteiger partial charge is 0.497 e. The third-order valence-corrected chi connectivity index (χ3v) is 4.05. The van der Waals surface area contributed by atoms with Crippen molar-refractivity contribution in [1.29, 1.82) is 0 Å². The van der Waals surface area contributed by atoms with Gasteiger partial charge in [-0.2, -0.15) is 0 Å². The third-order valence-electron chi connectivity index (χ3n) is 4.05. The lowest BCUT2D eigenvalue weighted by molar-refractivity contribution is -0.136. The van der Waals surface area contributed by atoms with Gasteiger partial charge in [-0.05, 0) is 48.5 Å². The number of benzene rings is 3. The van der Waals surface area contributed by atoms with Crippen molar-refractivity contribution in [2.75, 3.05) is 26.9 Å². The Bertz CT molecular complexity index is 984. The van der Waals surface area contributed by atoms with E-state index >= 15 is 0 Å². The van der Waals surface area contributed by atoms with Gasteiger partial charge in [-0.3, -0.25) is 0 Å². The summed E-state index contributed by atoms with van der Waals surface area (Å²) >= 11 is 0. The predicted molar refractivity (Wildman–Crippen MR) is 113 cm³/mol. The van der Waals surface area contributed by atoms with E-state index in [-0.39, 0.29) is 19.8 Å². The Balaban J connectivity index is 1.40. The summed E-state index contributed by atoms with van der Waals surface area (Å²) < 4.78 is 26.3. The van der Waals surface area contributed by atoms with Crippen molar-refractivity contribution in [3.05, 3.63) is 84.4 Å². The number of para-hydroxylation sites is 1. The second-order valence-corrected chi connectivity index (χ2v) is 6.26. The maximum absolute atomic E-state index is 12.1. The molecule has 3 aromatic carbocycles. The zero-order valence-corrected chi connectivity index (χ0v) is 17.0. The minimum absolute atomic E-state index is 0.117. The molecular formula is C24H22O7. The van der Waals surface area contributed by atoms with Gasteiger partial charge in [-0.25, -0.2) is 9.59 Å². The fraction of sp³-hybridized carbons (Fsp3) is 0.167. The summed E-state index contributed by atoms with van der Waals surface area (Å²) in [6.07, 6.45) is 0. The van der Waals surface area contributed by atoms with Crippen molar-refractivity contribution < 1.29 is 33.3 Å². The molecule has 0 aromatic heterocycles. The van der Waals surface area contributed by atoms with E-state index in [4.69, 9.17) is 23.7 Å². The monoisotopic (exact) mass is 422 g/mol. The molecule has 0 spiro atoms. The first-order valence-electron chi connectivity index (χ1n) is 9.56. The van der Waals surface area contributed by atoms with Crippen LogP contribution >= 0.6 is 0 Å². The number of carbonyl (C=O) groups is 2. The summed E-state index contributed by atoms with van der Waals surface area (Å²) in [4.78, 5) is 24.1. The maximum atomic E-state index is 12.1. The highest BCUT2D eigenvalue weighted by Crippen LogP contribution is 2.19. The van der Waals surface area contributed by atoms with Crippen LogP contribution < -0.4 is 18.9 Å². The average Bonchev–Trinajstić information content (AvgIpc) is 2.81. The van der Waals surface area contributed by atoms with Crippen molar-refractivity contribution in [2.45, 2.75) is 0 Å². The predicted octanol–water partition coefficient (Wildman–Crippen LogP) is 3.92. The molecule has 160 valence electrons. The standard InChI is InChI=1S/C24H22O7/c1-27-21-8-5-9-22(16-21)30-17-23(25)31-20-12-10-18(11-13-20)24(26)29-15-14-28-19-6-3-2-4-7-19/h2-13,16H,14-15,17H2,1H3. The molecule has 3 rings (SSSR count). The van der Waals surface area contributed by atoms with Crippen molar-refractivity contribution in [3.63, 3.8) is 0 Å². The molecule has 7 nitrogen and oxygen atoms in total. The van der Waals surface area contributed by atoms with Crippen LogP contribution in [0.4, 0.5) is 0 Å². The minimum Gasteiger partial charge on any atom is -0.497 e. The molecule has 0 saturated heterocycles. The van der Waals surface area contributed by atoms with Crippen LogP contribution in [0.5, 0.6) is 23.0 Å². The summed E-state index contributed by atoms with van der Waals surface area (Å²) in [7, 11) is 1.55. The van der Waals surface area contributed by atoms with E-state index in [9.17, 15) is 9.59 Å². The van der Waals surface area contributed by atoms with Gasteiger partial charge < -0.3 is 23.7 Å². The molecule has 0 atom stereocenters. The van der Waals surface area contributed by atoms with Gasteiger partial charge >= 0.3 is 11.9 Å². The van der Waals surface area contributed by atoms with Crippen molar-refractivity contribution in [3.8, 4) is 23.0 Å². The van der Waals surface area contributed by atoms with Crippen LogP contribution in [-0.4, -0.2) is 38.9 Å². The molecule has 0 aliphatic heterocycles. The van der Waals surface area contributed by atoms with Gasteiger partial charge in [0.05, 0.1) is 12.7 Å². The number of carbonyl (C=O) groups excluding carboxylic acids is 2. The van der Waals surface area contributed by atoms with E-state index in [1.54, 1.807) is 31.4 Å². The van der Waals surface area contributed by atoms with Gasteiger partial charge in [0.2, 0.25) is 0 Å². The molecule has 0 heterocycles. The number of esters is 2. The zero-order chi connectivity index (χ0) is 21.9. The molecule has 0 bridgehead atoms. The maximum Gasteiger partial charge on any atom is 0.349 e. The second-order valence-electron chi connectivity index (χ2n) is 6.26. The van der Waals surface area contributed by atoms with Gasteiger partial charge in [-0.15, -0.1) is 0 Å². The van der Waals surface area contributed by atoms with E-state index in [1.165, 1.54) is 24.3 Å². The van der Waals surface area contributed by atoms with Gasteiger partial charge in [0, 0.05) is 6.07 Å². The quantitative estimate of drug-likeness (QED) is 0.278. The highest BCUT2D eigenvalue weighted by Gasteiger charge is 2.10. The Labute approximate surface area is 180 Å². The summed E-state index contributed by atoms with van der Waals surface area (Å²) in [5, 5.41) is 0. The molecule has 0 aliphatic carbocycles. The first kappa shape index (κ1) is 21.7. The third kappa shape index (κ3) is 7.08. The molecule has 3 aromatic rings. The molecule has 31 heavy (non-hydrogen) atoms.